The highest BCUT2D eigenvalue weighted by Crippen LogP contribution is 2.35. The number of rotatable bonds is 4. The van der Waals surface area contributed by atoms with Crippen molar-refractivity contribution in [3.63, 3.8) is 0 Å². The summed E-state index contributed by atoms with van der Waals surface area (Å²) < 4.78 is 0. The lowest BCUT2D eigenvalue weighted by Crippen LogP contribution is -2.53. The summed E-state index contributed by atoms with van der Waals surface area (Å²) in [4.78, 5) is 25.6. The molecule has 19 heavy (non-hydrogen) atoms. The van der Waals surface area contributed by atoms with Crippen LogP contribution in [-0.2, 0) is 9.59 Å². The minimum absolute atomic E-state index is 0.0823. The van der Waals surface area contributed by atoms with Crippen LogP contribution in [0.25, 0.3) is 0 Å². The molecular formula is C14H24N2O3. The zero-order chi connectivity index (χ0) is 13.9. The summed E-state index contributed by atoms with van der Waals surface area (Å²) in [5.41, 5.74) is -0.306. The molecular weight excluding hydrogens is 244 g/mol. The van der Waals surface area contributed by atoms with E-state index in [0.29, 0.717) is 0 Å². The van der Waals surface area contributed by atoms with Gasteiger partial charge in [0.05, 0.1) is 11.8 Å². The van der Waals surface area contributed by atoms with E-state index in [0.717, 1.165) is 51.7 Å². The van der Waals surface area contributed by atoms with Gasteiger partial charge in [-0.25, -0.2) is 0 Å². The molecule has 2 heterocycles. The van der Waals surface area contributed by atoms with Gasteiger partial charge in [-0.15, -0.1) is 0 Å². The van der Waals surface area contributed by atoms with Crippen LogP contribution in [0.5, 0.6) is 0 Å². The first-order valence-corrected chi connectivity index (χ1v) is 7.32. The predicted octanol–water partition coefficient (Wildman–Crippen LogP) is 1.23. The molecule has 2 fully saturated rings. The summed E-state index contributed by atoms with van der Waals surface area (Å²) in [5, 5.41) is 12.3. The summed E-state index contributed by atoms with van der Waals surface area (Å²) in [6.07, 6.45) is 4.61. The summed E-state index contributed by atoms with van der Waals surface area (Å²) in [7, 11) is 0. The van der Waals surface area contributed by atoms with Crippen LogP contribution in [0, 0.1) is 5.41 Å². The second-order valence-electron chi connectivity index (χ2n) is 5.81. The van der Waals surface area contributed by atoms with E-state index in [-0.39, 0.29) is 23.8 Å². The minimum Gasteiger partial charge on any atom is -0.481 e. The van der Waals surface area contributed by atoms with Crippen molar-refractivity contribution in [1.29, 1.82) is 0 Å². The molecule has 5 heteroatoms. The molecule has 0 aromatic carbocycles. The number of piperidine rings is 1. The number of hydrogen-bond donors (Lipinski definition) is 2. The number of aliphatic carboxylic acids is 1. The van der Waals surface area contributed by atoms with E-state index in [1.54, 1.807) is 0 Å². The molecule has 2 atom stereocenters. The van der Waals surface area contributed by atoms with Gasteiger partial charge in [0.25, 0.3) is 0 Å². The molecule has 1 amide bonds. The maximum absolute atomic E-state index is 12.8. The standard InChI is InChI=1S/C14H24N2O3/c1-2-14(6-4-7-15-10-14)13(19)16-8-3-5-11(16)9-12(17)18/h11,15H,2-10H2,1H3,(H,17,18). The van der Waals surface area contributed by atoms with Gasteiger partial charge in [-0.05, 0) is 38.6 Å². The first-order valence-electron chi connectivity index (χ1n) is 7.32. The van der Waals surface area contributed by atoms with E-state index >= 15 is 0 Å². The zero-order valence-electron chi connectivity index (χ0n) is 11.7. The number of carboxylic acid groups (broad SMARTS) is 1. The van der Waals surface area contributed by atoms with Crippen molar-refractivity contribution in [2.45, 2.75) is 51.5 Å². The number of carboxylic acids is 1. The normalized spacial score (nSPS) is 31.4. The van der Waals surface area contributed by atoms with Crippen LogP contribution in [0.1, 0.15) is 45.4 Å². The molecule has 0 spiro atoms. The summed E-state index contributed by atoms with van der Waals surface area (Å²) >= 11 is 0. The van der Waals surface area contributed by atoms with Gasteiger partial charge in [0, 0.05) is 19.1 Å². The molecule has 108 valence electrons. The molecule has 0 radical (unpaired) electrons. The summed E-state index contributed by atoms with van der Waals surface area (Å²) in [6.45, 7) is 4.50. The van der Waals surface area contributed by atoms with Crippen LogP contribution >= 0.6 is 0 Å². The Kier molecular flexibility index (Phi) is 4.45. The molecule has 0 aromatic heterocycles. The van der Waals surface area contributed by atoms with Crippen LogP contribution in [-0.4, -0.2) is 47.6 Å². The van der Waals surface area contributed by atoms with Crippen LogP contribution in [0.15, 0.2) is 0 Å². The fourth-order valence-electron chi connectivity index (χ4n) is 3.42. The number of amides is 1. The van der Waals surface area contributed by atoms with E-state index in [9.17, 15) is 9.59 Å². The highest BCUT2D eigenvalue weighted by atomic mass is 16.4. The molecule has 0 saturated carbocycles. The van der Waals surface area contributed by atoms with Gasteiger partial charge in [0.2, 0.25) is 5.91 Å². The van der Waals surface area contributed by atoms with E-state index in [4.69, 9.17) is 5.11 Å². The highest BCUT2D eigenvalue weighted by Gasteiger charge is 2.43. The molecule has 0 aliphatic carbocycles. The molecule has 0 aromatic rings. The third-order valence-corrected chi connectivity index (χ3v) is 4.65. The minimum atomic E-state index is -0.808. The van der Waals surface area contributed by atoms with Crippen LogP contribution in [0.4, 0.5) is 0 Å². The lowest BCUT2D eigenvalue weighted by Gasteiger charge is -2.40. The number of nitrogens with zero attached hydrogens (tertiary/aromatic N) is 1. The first kappa shape index (κ1) is 14.3. The van der Waals surface area contributed by atoms with Gasteiger partial charge in [-0.2, -0.15) is 0 Å². The van der Waals surface area contributed by atoms with Gasteiger partial charge in [0.15, 0.2) is 0 Å². The number of carbonyl (C=O) groups excluding carboxylic acids is 1. The van der Waals surface area contributed by atoms with Gasteiger partial charge < -0.3 is 15.3 Å². The average molecular weight is 268 g/mol. The quantitative estimate of drug-likeness (QED) is 0.804. The van der Waals surface area contributed by atoms with Crippen molar-refractivity contribution in [2.75, 3.05) is 19.6 Å². The number of nitrogens with one attached hydrogen (secondary N) is 1. The lowest BCUT2D eigenvalue weighted by atomic mass is 9.77. The SMILES string of the molecule is CCC1(C(=O)N2CCCC2CC(=O)O)CCCNC1. The Morgan fingerprint density at radius 3 is 2.79 bits per heavy atom. The van der Waals surface area contributed by atoms with E-state index in [1.165, 1.54) is 0 Å². The second kappa shape index (κ2) is 5.90. The maximum Gasteiger partial charge on any atom is 0.305 e. The van der Waals surface area contributed by atoms with Gasteiger partial charge in [-0.3, -0.25) is 9.59 Å². The van der Waals surface area contributed by atoms with Crippen molar-refractivity contribution in [2.24, 2.45) is 5.41 Å². The summed E-state index contributed by atoms with van der Waals surface area (Å²) in [5.74, 6) is -0.636. The first-order chi connectivity index (χ1) is 9.09. The third kappa shape index (κ3) is 2.91. The molecule has 0 bridgehead atoms. The molecule has 2 N–H and O–H groups in total. The topological polar surface area (TPSA) is 69.6 Å². The van der Waals surface area contributed by atoms with Crippen molar-refractivity contribution >= 4 is 11.9 Å². The molecule has 2 saturated heterocycles. The maximum atomic E-state index is 12.8. The van der Waals surface area contributed by atoms with E-state index < -0.39 is 5.97 Å². The number of hydrogen-bond acceptors (Lipinski definition) is 3. The van der Waals surface area contributed by atoms with Crippen molar-refractivity contribution in [1.82, 2.24) is 10.2 Å². The van der Waals surface area contributed by atoms with Crippen LogP contribution < -0.4 is 5.32 Å². The van der Waals surface area contributed by atoms with E-state index in [2.05, 4.69) is 12.2 Å². The average Bonchev–Trinajstić information content (AvgIpc) is 2.85. The van der Waals surface area contributed by atoms with E-state index in [1.807, 2.05) is 4.90 Å². The molecule has 2 aliphatic heterocycles. The van der Waals surface area contributed by atoms with Gasteiger partial charge >= 0.3 is 5.97 Å². The van der Waals surface area contributed by atoms with Crippen LogP contribution in [0.3, 0.4) is 0 Å². The largest absolute Gasteiger partial charge is 0.481 e. The zero-order valence-corrected chi connectivity index (χ0v) is 11.7. The Balaban J connectivity index is 2.10. The Bertz CT molecular complexity index is 351. The molecule has 2 aliphatic rings. The van der Waals surface area contributed by atoms with Crippen molar-refractivity contribution in [3.8, 4) is 0 Å². The fourth-order valence-corrected chi connectivity index (χ4v) is 3.42. The second-order valence-corrected chi connectivity index (χ2v) is 5.81. The smallest absolute Gasteiger partial charge is 0.305 e. The van der Waals surface area contributed by atoms with Crippen molar-refractivity contribution < 1.29 is 14.7 Å². The van der Waals surface area contributed by atoms with Gasteiger partial charge in [0.1, 0.15) is 0 Å². The fraction of sp³-hybridized carbons (Fsp3) is 0.857. The predicted molar refractivity (Wildman–Crippen MR) is 71.8 cm³/mol. The lowest BCUT2D eigenvalue weighted by molar-refractivity contribution is -0.146. The molecule has 2 unspecified atom stereocenters. The monoisotopic (exact) mass is 268 g/mol. The highest BCUT2D eigenvalue weighted by molar-refractivity contribution is 5.84. The Morgan fingerprint density at radius 1 is 1.42 bits per heavy atom. The van der Waals surface area contributed by atoms with Gasteiger partial charge in [-0.1, -0.05) is 6.92 Å². The van der Waals surface area contributed by atoms with Crippen molar-refractivity contribution in [3.05, 3.63) is 0 Å². The Morgan fingerprint density at radius 2 is 2.21 bits per heavy atom. The summed E-state index contributed by atoms with van der Waals surface area (Å²) in [6, 6.07) is -0.102. The Hall–Kier alpha value is -1.10. The Labute approximate surface area is 114 Å². The molecule has 2 rings (SSSR count). The third-order valence-electron chi connectivity index (χ3n) is 4.65. The number of likely N-dealkylation sites (tertiary alicyclic amines) is 1. The number of carbonyl (C=O) groups is 2. The van der Waals surface area contributed by atoms with Crippen LogP contribution in [0.2, 0.25) is 0 Å². The molecule has 5 nitrogen and oxygen atoms in total.